The van der Waals surface area contributed by atoms with E-state index in [9.17, 15) is 0 Å². The maximum Gasteiger partial charge on any atom is 0.0701 e. The van der Waals surface area contributed by atoms with Crippen molar-refractivity contribution in [2.75, 3.05) is 32.0 Å². The molecule has 100 valence electrons. The third-order valence-corrected chi connectivity index (χ3v) is 3.43. The van der Waals surface area contributed by atoms with Gasteiger partial charge in [-0.3, -0.25) is 4.90 Å². The van der Waals surface area contributed by atoms with Crippen LogP contribution in [0.2, 0.25) is 0 Å². The molecule has 0 spiro atoms. The molecule has 0 amide bonds. The van der Waals surface area contributed by atoms with Crippen molar-refractivity contribution in [2.45, 2.75) is 25.5 Å². The van der Waals surface area contributed by atoms with Crippen LogP contribution in [-0.2, 0) is 11.3 Å². The predicted molar refractivity (Wildman–Crippen MR) is 72.2 cm³/mol. The van der Waals surface area contributed by atoms with Crippen molar-refractivity contribution in [1.29, 1.82) is 0 Å². The molecule has 0 saturated carbocycles. The van der Waals surface area contributed by atoms with Gasteiger partial charge in [0.25, 0.3) is 0 Å². The minimum absolute atomic E-state index is 0.112. The van der Waals surface area contributed by atoms with Crippen LogP contribution in [0.1, 0.15) is 18.4 Å². The summed E-state index contributed by atoms with van der Waals surface area (Å²) in [5.74, 6) is 0. The third-order valence-electron chi connectivity index (χ3n) is 3.43. The monoisotopic (exact) mass is 250 g/mol. The summed E-state index contributed by atoms with van der Waals surface area (Å²) >= 11 is 0. The van der Waals surface area contributed by atoms with Crippen LogP contribution in [0, 0.1) is 0 Å². The highest BCUT2D eigenvalue weighted by atomic mass is 16.5. The normalized spacial score (nSPS) is 18.1. The van der Waals surface area contributed by atoms with Crippen molar-refractivity contribution in [3.8, 4) is 0 Å². The van der Waals surface area contributed by atoms with E-state index in [0.29, 0.717) is 12.7 Å². The average Bonchev–Trinajstić information content (AvgIpc) is 2.41. The first kappa shape index (κ1) is 13.3. The lowest BCUT2D eigenvalue weighted by Gasteiger charge is -2.32. The molecule has 1 aliphatic heterocycles. The second-order valence-corrected chi connectivity index (χ2v) is 4.77. The number of hydrogen-bond donors (Lipinski definition) is 2. The standard InChI is InChI=1S/C14H22N2O2/c15-14-4-2-1-3-12(14)11-16-7-5-13(6-8-16)18-10-9-17/h1-4,13,17H,5-11,15H2. The summed E-state index contributed by atoms with van der Waals surface area (Å²) in [5.41, 5.74) is 8.02. The number of anilines is 1. The number of para-hydroxylation sites is 1. The number of nitrogens with zero attached hydrogens (tertiary/aromatic N) is 1. The molecule has 4 nitrogen and oxygen atoms in total. The van der Waals surface area contributed by atoms with Crippen molar-refractivity contribution >= 4 is 5.69 Å². The zero-order chi connectivity index (χ0) is 12.8. The topological polar surface area (TPSA) is 58.7 Å². The molecule has 0 atom stereocenters. The molecule has 0 aromatic heterocycles. The number of benzene rings is 1. The van der Waals surface area contributed by atoms with Gasteiger partial charge in [0.2, 0.25) is 0 Å². The number of piperidine rings is 1. The van der Waals surface area contributed by atoms with Gasteiger partial charge < -0.3 is 15.6 Å². The molecular formula is C14H22N2O2. The van der Waals surface area contributed by atoms with Crippen molar-refractivity contribution in [2.24, 2.45) is 0 Å². The summed E-state index contributed by atoms with van der Waals surface area (Å²) < 4.78 is 5.55. The molecule has 0 unspecified atom stereocenters. The lowest BCUT2D eigenvalue weighted by atomic mass is 10.1. The molecular weight excluding hydrogens is 228 g/mol. The zero-order valence-corrected chi connectivity index (χ0v) is 10.7. The summed E-state index contributed by atoms with van der Waals surface area (Å²) in [5, 5.41) is 8.72. The van der Waals surface area contributed by atoms with E-state index in [-0.39, 0.29) is 6.61 Å². The first-order valence-corrected chi connectivity index (χ1v) is 6.58. The molecule has 3 N–H and O–H groups in total. The summed E-state index contributed by atoms with van der Waals surface area (Å²) in [6, 6.07) is 8.03. The van der Waals surface area contributed by atoms with Crippen molar-refractivity contribution in [3.63, 3.8) is 0 Å². The fourth-order valence-electron chi connectivity index (χ4n) is 2.37. The summed E-state index contributed by atoms with van der Waals surface area (Å²) in [6.45, 7) is 3.55. The summed E-state index contributed by atoms with van der Waals surface area (Å²) in [4.78, 5) is 2.41. The second kappa shape index (κ2) is 6.73. The number of aliphatic hydroxyl groups is 1. The van der Waals surface area contributed by atoms with Gasteiger partial charge in [-0.15, -0.1) is 0 Å². The quantitative estimate of drug-likeness (QED) is 0.772. The third kappa shape index (κ3) is 3.70. The molecule has 1 saturated heterocycles. The van der Waals surface area contributed by atoms with Gasteiger partial charge in [0.05, 0.1) is 19.3 Å². The van der Waals surface area contributed by atoms with Crippen LogP contribution in [-0.4, -0.2) is 42.4 Å². The number of nitrogens with two attached hydrogens (primary N) is 1. The van der Waals surface area contributed by atoms with Gasteiger partial charge >= 0.3 is 0 Å². The van der Waals surface area contributed by atoms with Gasteiger partial charge in [-0.1, -0.05) is 18.2 Å². The van der Waals surface area contributed by atoms with E-state index in [4.69, 9.17) is 15.6 Å². The van der Waals surface area contributed by atoms with Gasteiger partial charge in [-0.05, 0) is 24.5 Å². The predicted octanol–water partition coefficient (Wildman–Crippen LogP) is 1.24. The molecule has 0 radical (unpaired) electrons. The molecule has 1 aromatic rings. The SMILES string of the molecule is Nc1ccccc1CN1CCC(OCCO)CC1. The molecule has 1 aromatic carbocycles. The Kier molecular flexibility index (Phi) is 4.99. The largest absolute Gasteiger partial charge is 0.398 e. The van der Waals surface area contributed by atoms with Crippen LogP contribution < -0.4 is 5.73 Å². The summed E-state index contributed by atoms with van der Waals surface area (Å²) in [7, 11) is 0. The Balaban J connectivity index is 1.78. The van der Waals surface area contributed by atoms with E-state index in [1.54, 1.807) is 0 Å². The number of aliphatic hydroxyl groups excluding tert-OH is 1. The number of nitrogen functional groups attached to an aromatic ring is 1. The van der Waals surface area contributed by atoms with Gasteiger partial charge in [-0.25, -0.2) is 0 Å². The Labute approximate surface area is 108 Å². The van der Waals surface area contributed by atoms with Crippen LogP contribution in [0.15, 0.2) is 24.3 Å². The van der Waals surface area contributed by atoms with Gasteiger partial charge in [0, 0.05) is 25.3 Å². The molecule has 1 aliphatic rings. The number of likely N-dealkylation sites (tertiary alicyclic amines) is 1. The highest BCUT2D eigenvalue weighted by molar-refractivity contribution is 5.46. The molecule has 18 heavy (non-hydrogen) atoms. The lowest BCUT2D eigenvalue weighted by molar-refractivity contribution is -0.00898. The Morgan fingerprint density at radius 2 is 2.00 bits per heavy atom. The second-order valence-electron chi connectivity index (χ2n) is 4.77. The Hall–Kier alpha value is -1.10. The Morgan fingerprint density at radius 1 is 1.28 bits per heavy atom. The average molecular weight is 250 g/mol. The maximum atomic E-state index is 8.72. The zero-order valence-electron chi connectivity index (χ0n) is 10.7. The Bertz CT molecular complexity index is 363. The van der Waals surface area contributed by atoms with E-state index in [0.717, 1.165) is 38.2 Å². The van der Waals surface area contributed by atoms with Crippen LogP contribution in [0.25, 0.3) is 0 Å². The molecule has 0 aliphatic carbocycles. The minimum atomic E-state index is 0.112. The fourth-order valence-corrected chi connectivity index (χ4v) is 2.37. The van der Waals surface area contributed by atoms with Gasteiger partial charge in [0.15, 0.2) is 0 Å². The van der Waals surface area contributed by atoms with Crippen molar-refractivity contribution in [3.05, 3.63) is 29.8 Å². The van der Waals surface area contributed by atoms with Gasteiger partial charge in [0.1, 0.15) is 0 Å². The van der Waals surface area contributed by atoms with Crippen LogP contribution in [0.5, 0.6) is 0 Å². The fraction of sp³-hybridized carbons (Fsp3) is 0.571. The van der Waals surface area contributed by atoms with E-state index < -0.39 is 0 Å². The van der Waals surface area contributed by atoms with E-state index >= 15 is 0 Å². The smallest absolute Gasteiger partial charge is 0.0701 e. The molecule has 1 fully saturated rings. The maximum absolute atomic E-state index is 8.72. The lowest BCUT2D eigenvalue weighted by Crippen LogP contribution is -2.37. The highest BCUT2D eigenvalue weighted by Crippen LogP contribution is 2.18. The number of hydrogen-bond acceptors (Lipinski definition) is 4. The first-order valence-electron chi connectivity index (χ1n) is 6.58. The summed E-state index contributed by atoms with van der Waals surface area (Å²) in [6.07, 6.45) is 2.38. The molecule has 2 rings (SSSR count). The van der Waals surface area contributed by atoms with E-state index in [1.807, 2.05) is 18.2 Å². The van der Waals surface area contributed by atoms with E-state index in [2.05, 4.69) is 11.0 Å². The molecule has 1 heterocycles. The van der Waals surface area contributed by atoms with Crippen molar-refractivity contribution in [1.82, 2.24) is 4.90 Å². The molecule has 4 heteroatoms. The van der Waals surface area contributed by atoms with Crippen molar-refractivity contribution < 1.29 is 9.84 Å². The molecule has 0 bridgehead atoms. The highest BCUT2D eigenvalue weighted by Gasteiger charge is 2.19. The van der Waals surface area contributed by atoms with Crippen LogP contribution in [0.4, 0.5) is 5.69 Å². The number of rotatable bonds is 5. The van der Waals surface area contributed by atoms with Gasteiger partial charge in [-0.2, -0.15) is 0 Å². The first-order chi connectivity index (χ1) is 8.79. The van der Waals surface area contributed by atoms with E-state index in [1.165, 1.54) is 5.56 Å². The van der Waals surface area contributed by atoms with Crippen LogP contribution in [0.3, 0.4) is 0 Å². The van der Waals surface area contributed by atoms with Crippen LogP contribution >= 0.6 is 0 Å². The Morgan fingerprint density at radius 3 is 2.67 bits per heavy atom. The minimum Gasteiger partial charge on any atom is -0.398 e. The number of ether oxygens (including phenoxy) is 1.